The first-order chi connectivity index (χ1) is 16.3. The Morgan fingerprint density at radius 2 is 1.64 bits per heavy atom. The number of hydrogen-bond donors (Lipinski definition) is 0. The first-order valence-corrected chi connectivity index (χ1v) is 11.4. The number of benzene rings is 3. The van der Waals surface area contributed by atoms with Crippen LogP contribution in [0, 0.1) is 0 Å². The van der Waals surface area contributed by atoms with Gasteiger partial charge in [-0.3, -0.25) is 0 Å². The minimum atomic E-state index is -0.376. The molecule has 1 unspecified atom stereocenters. The van der Waals surface area contributed by atoms with Crippen LogP contribution in [0.4, 0.5) is 0 Å². The number of carbonyl (C=O) groups is 1. The molecule has 33 heavy (non-hydrogen) atoms. The average Bonchev–Trinajstić information content (AvgIpc) is 2.88. The van der Waals surface area contributed by atoms with E-state index in [4.69, 9.17) is 14.3 Å². The van der Waals surface area contributed by atoms with E-state index in [1.807, 2.05) is 72.8 Å². The number of esters is 1. The van der Waals surface area contributed by atoms with Crippen LogP contribution < -0.4 is 4.74 Å². The summed E-state index contributed by atoms with van der Waals surface area (Å²) in [6.07, 6.45) is 4.01. The number of nitrogens with zero attached hydrogens (tertiary/aromatic N) is 1. The van der Waals surface area contributed by atoms with Crippen LogP contribution in [0.15, 0.2) is 84.0 Å². The molecule has 3 aromatic carbocycles. The van der Waals surface area contributed by atoms with Gasteiger partial charge in [0.1, 0.15) is 18.1 Å². The van der Waals surface area contributed by atoms with E-state index in [0.29, 0.717) is 12.5 Å². The molecule has 1 aliphatic carbocycles. The summed E-state index contributed by atoms with van der Waals surface area (Å²) in [5.74, 6) is 0.776. The van der Waals surface area contributed by atoms with Gasteiger partial charge in [-0.1, -0.05) is 78.0 Å². The monoisotopic (exact) mass is 443 g/mol. The lowest BCUT2D eigenvalue weighted by Gasteiger charge is -2.27. The van der Waals surface area contributed by atoms with Gasteiger partial charge in [0.15, 0.2) is 6.61 Å². The van der Waals surface area contributed by atoms with E-state index < -0.39 is 0 Å². The van der Waals surface area contributed by atoms with Crippen molar-refractivity contribution in [2.45, 2.75) is 31.6 Å². The first-order valence-electron chi connectivity index (χ1n) is 11.4. The molecule has 0 fully saturated rings. The molecule has 170 valence electrons. The maximum Gasteiger partial charge on any atom is 0.343 e. The molecule has 5 heteroatoms. The predicted octanol–water partition coefficient (Wildman–Crippen LogP) is 5.52. The highest BCUT2D eigenvalue weighted by Gasteiger charge is 2.23. The van der Waals surface area contributed by atoms with E-state index >= 15 is 0 Å². The molecule has 0 aliphatic heterocycles. The Morgan fingerprint density at radius 1 is 0.939 bits per heavy atom. The summed E-state index contributed by atoms with van der Waals surface area (Å²) in [5.41, 5.74) is 5.36. The van der Waals surface area contributed by atoms with Gasteiger partial charge >= 0.3 is 5.97 Å². The van der Waals surface area contributed by atoms with Gasteiger partial charge < -0.3 is 14.3 Å². The molecule has 0 saturated carbocycles. The third-order valence-corrected chi connectivity index (χ3v) is 5.97. The third kappa shape index (κ3) is 5.80. The van der Waals surface area contributed by atoms with Gasteiger partial charge in [-0.15, -0.1) is 0 Å². The number of hydrogen-bond acceptors (Lipinski definition) is 5. The Morgan fingerprint density at radius 3 is 2.30 bits per heavy atom. The average molecular weight is 444 g/mol. The van der Waals surface area contributed by atoms with Crippen molar-refractivity contribution < 1.29 is 19.1 Å². The molecule has 1 aliphatic rings. The van der Waals surface area contributed by atoms with Crippen LogP contribution in [-0.2, 0) is 20.8 Å². The predicted molar refractivity (Wildman–Crippen MR) is 129 cm³/mol. The quantitative estimate of drug-likeness (QED) is 0.189. The lowest BCUT2D eigenvalue weighted by Crippen LogP contribution is -2.16. The number of methoxy groups -OCH3 is 1. The second kappa shape index (κ2) is 11.3. The summed E-state index contributed by atoms with van der Waals surface area (Å²) in [7, 11) is 1.37. The van der Waals surface area contributed by atoms with Crippen LogP contribution in [0.5, 0.6) is 5.75 Å². The molecular formula is C28H29NO4. The summed E-state index contributed by atoms with van der Waals surface area (Å²) < 4.78 is 10.4. The zero-order valence-electron chi connectivity index (χ0n) is 18.9. The Kier molecular flexibility index (Phi) is 7.75. The Bertz CT molecular complexity index is 1040. The normalized spacial score (nSPS) is 14.6. The lowest BCUT2D eigenvalue weighted by atomic mass is 9.81. The number of carbonyl (C=O) groups excluding carboxylic acids is 1. The highest BCUT2D eigenvalue weighted by Crippen LogP contribution is 2.38. The molecule has 0 radical (unpaired) electrons. The van der Waals surface area contributed by atoms with Gasteiger partial charge in [-0.25, -0.2) is 4.79 Å². The maximum absolute atomic E-state index is 11.5. The van der Waals surface area contributed by atoms with E-state index in [0.717, 1.165) is 48.3 Å². The third-order valence-electron chi connectivity index (χ3n) is 5.97. The molecule has 0 heterocycles. The Hall–Kier alpha value is -3.60. The van der Waals surface area contributed by atoms with Crippen LogP contribution in [0.25, 0.3) is 0 Å². The minimum Gasteiger partial charge on any atom is -0.482 e. The summed E-state index contributed by atoms with van der Waals surface area (Å²) in [4.78, 5) is 17.3. The highest BCUT2D eigenvalue weighted by atomic mass is 16.6. The van der Waals surface area contributed by atoms with Crippen molar-refractivity contribution in [2.24, 2.45) is 5.16 Å². The molecule has 0 N–H and O–H groups in total. The molecule has 5 nitrogen and oxygen atoms in total. The molecule has 0 spiro atoms. The van der Waals surface area contributed by atoms with Crippen LogP contribution in [-0.4, -0.2) is 32.0 Å². The number of oxime groups is 1. The van der Waals surface area contributed by atoms with Crippen LogP contribution in [0.1, 0.15) is 47.4 Å². The molecule has 0 amide bonds. The molecular weight excluding hydrogens is 414 g/mol. The number of ether oxygens (including phenoxy) is 2. The van der Waals surface area contributed by atoms with Crippen molar-refractivity contribution >= 4 is 11.7 Å². The van der Waals surface area contributed by atoms with E-state index in [1.54, 1.807) is 0 Å². The molecule has 1 atom stereocenters. The maximum atomic E-state index is 11.5. The summed E-state index contributed by atoms with van der Waals surface area (Å²) in [6, 6.07) is 26.3. The van der Waals surface area contributed by atoms with Crippen molar-refractivity contribution in [1.29, 1.82) is 0 Å². The van der Waals surface area contributed by atoms with Crippen LogP contribution in [0.2, 0.25) is 0 Å². The largest absolute Gasteiger partial charge is 0.482 e. The van der Waals surface area contributed by atoms with E-state index in [-0.39, 0.29) is 12.6 Å². The smallest absolute Gasteiger partial charge is 0.343 e. The van der Waals surface area contributed by atoms with Crippen molar-refractivity contribution in [3.63, 3.8) is 0 Å². The second-order valence-corrected chi connectivity index (χ2v) is 8.07. The first kappa shape index (κ1) is 22.6. The number of fused-ring (bicyclic) bond motifs is 1. The highest BCUT2D eigenvalue weighted by molar-refractivity contribution is 6.12. The topological polar surface area (TPSA) is 57.1 Å². The standard InChI is InChI=1S/C28H29NO4/c1-31-27(30)20-32-26-17-9-15-24-21(14-8-16-25(24)26)18-19-33-29-28(22-10-4-2-5-11-22)23-12-6-3-7-13-23/h2-7,9-13,15,17,21H,8,14,16,18-20H2,1H3. The zero-order valence-corrected chi connectivity index (χ0v) is 18.9. The van der Waals surface area contributed by atoms with Crippen molar-refractivity contribution in [2.75, 3.05) is 20.3 Å². The van der Waals surface area contributed by atoms with Gasteiger partial charge in [-0.05, 0) is 48.8 Å². The van der Waals surface area contributed by atoms with E-state index in [2.05, 4.69) is 11.2 Å². The zero-order chi connectivity index (χ0) is 22.9. The second-order valence-electron chi connectivity index (χ2n) is 8.07. The van der Waals surface area contributed by atoms with Crippen molar-refractivity contribution in [3.8, 4) is 5.75 Å². The summed E-state index contributed by atoms with van der Waals surface area (Å²) in [6.45, 7) is 0.456. The minimum absolute atomic E-state index is 0.0722. The fraction of sp³-hybridized carbons (Fsp3) is 0.286. The van der Waals surface area contributed by atoms with Gasteiger partial charge in [0.2, 0.25) is 0 Å². The van der Waals surface area contributed by atoms with Gasteiger partial charge in [-0.2, -0.15) is 0 Å². The molecule has 3 aromatic rings. The Labute approximate surface area is 195 Å². The lowest BCUT2D eigenvalue weighted by molar-refractivity contribution is -0.142. The fourth-order valence-corrected chi connectivity index (χ4v) is 4.31. The summed E-state index contributed by atoms with van der Waals surface area (Å²) >= 11 is 0. The van der Waals surface area contributed by atoms with E-state index in [9.17, 15) is 4.79 Å². The van der Waals surface area contributed by atoms with Crippen molar-refractivity contribution in [1.82, 2.24) is 0 Å². The molecule has 0 aromatic heterocycles. The fourth-order valence-electron chi connectivity index (χ4n) is 4.31. The van der Waals surface area contributed by atoms with Crippen LogP contribution >= 0.6 is 0 Å². The van der Waals surface area contributed by atoms with Crippen LogP contribution in [0.3, 0.4) is 0 Å². The molecule has 4 rings (SSSR count). The SMILES string of the molecule is COC(=O)COc1cccc2c1CCCC2CCON=C(c1ccccc1)c1ccccc1. The van der Waals surface area contributed by atoms with Crippen molar-refractivity contribution in [3.05, 3.63) is 101 Å². The van der Waals surface area contributed by atoms with Gasteiger partial charge in [0.05, 0.1) is 7.11 Å². The van der Waals surface area contributed by atoms with Gasteiger partial charge in [0.25, 0.3) is 0 Å². The van der Waals surface area contributed by atoms with E-state index in [1.165, 1.54) is 18.2 Å². The molecule has 0 saturated heterocycles. The molecule has 0 bridgehead atoms. The van der Waals surface area contributed by atoms with Gasteiger partial charge in [0, 0.05) is 11.1 Å². The summed E-state index contributed by atoms with van der Waals surface area (Å²) in [5, 5.41) is 4.52. The number of rotatable bonds is 9. The Balaban J connectivity index is 1.44.